The highest BCUT2D eigenvalue weighted by molar-refractivity contribution is 5.66. The molecule has 0 spiro atoms. The number of anilines is 2. The van der Waals surface area contributed by atoms with Crippen LogP contribution < -0.4 is 10.6 Å². The van der Waals surface area contributed by atoms with Gasteiger partial charge in [0.1, 0.15) is 0 Å². The maximum Gasteiger partial charge on any atom is 0.0340 e. The molecule has 0 unspecified atom stereocenters. The zero-order valence-corrected chi connectivity index (χ0v) is 16.5. The molecule has 29 heavy (non-hydrogen) atoms. The molecule has 2 N–H and O–H groups in total. The Labute approximate surface area is 173 Å². The van der Waals surface area contributed by atoms with E-state index >= 15 is 0 Å². The van der Waals surface area contributed by atoms with Gasteiger partial charge in [0.25, 0.3) is 0 Å². The first-order chi connectivity index (χ1) is 14.4. The molecule has 0 aromatic heterocycles. The maximum atomic E-state index is 3.50. The molecular formula is C27H26N2. The van der Waals surface area contributed by atoms with E-state index in [-0.39, 0.29) is 0 Å². The lowest BCUT2D eigenvalue weighted by Gasteiger charge is -2.10. The highest BCUT2D eigenvalue weighted by atomic mass is 14.9. The van der Waals surface area contributed by atoms with Gasteiger partial charge in [0.2, 0.25) is 0 Å². The van der Waals surface area contributed by atoms with Crippen LogP contribution >= 0.6 is 0 Å². The van der Waals surface area contributed by atoms with Crippen LogP contribution in [-0.2, 0) is 0 Å². The SMILES string of the molecule is c1ccc(-c2ccc(NCCCNc3ccc(-c4ccccc4)cc3)cc2)cc1. The molecule has 0 radical (unpaired) electrons. The van der Waals surface area contributed by atoms with Crippen LogP contribution in [0.15, 0.2) is 109 Å². The predicted octanol–water partition coefficient (Wildman–Crippen LogP) is 6.93. The summed E-state index contributed by atoms with van der Waals surface area (Å²) in [6.07, 6.45) is 1.06. The minimum Gasteiger partial charge on any atom is -0.385 e. The van der Waals surface area contributed by atoms with Gasteiger partial charge in [0.15, 0.2) is 0 Å². The second-order valence-corrected chi connectivity index (χ2v) is 7.09. The molecule has 0 aliphatic heterocycles. The third kappa shape index (κ3) is 5.26. The summed E-state index contributed by atoms with van der Waals surface area (Å²) in [6, 6.07) is 38.2. The summed E-state index contributed by atoms with van der Waals surface area (Å²) >= 11 is 0. The zero-order valence-electron chi connectivity index (χ0n) is 16.5. The van der Waals surface area contributed by atoms with E-state index in [2.05, 4.69) is 108 Å². The minimum atomic E-state index is 0.944. The average molecular weight is 379 g/mol. The fourth-order valence-electron chi connectivity index (χ4n) is 3.38. The molecule has 0 aliphatic carbocycles. The van der Waals surface area contributed by atoms with Crippen molar-refractivity contribution in [2.24, 2.45) is 0 Å². The summed E-state index contributed by atoms with van der Waals surface area (Å²) < 4.78 is 0. The van der Waals surface area contributed by atoms with E-state index in [4.69, 9.17) is 0 Å². The Morgan fingerprint density at radius 2 is 0.724 bits per heavy atom. The van der Waals surface area contributed by atoms with Crippen molar-refractivity contribution in [1.82, 2.24) is 0 Å². The van der Waals surface area contributed by atoms with Crippen LogP contribution in [0.1, 0.15) is 6.42 Å². The summed E-state index contributed by atoms with van der Waals surface area (Å²) in [5, 5.41) is 7.00. The van der Waals surface area contributed by atoms with Crippen molar-refractivity contribution in [2.75, 3.05) is 23.7 Å². The number of nitrogens with one attached hydrogen (secondary N) is 2. The van der Waals surface area contributed by atoms with E-state index in [9.17, 15) is 0 Å². The topological polar surface area (TPSA) is 24.1 Å². The van der Waals surface area contributed by atoms with Gasteiger partial charge >= 0.3 is 0 Å². The first kappa shape index (κ1) is 18.8. The van der Waals surface area contributed by atoms with Crippen LogP contribution in [0.2, 0.25) is 0 Å². The van der Waals surface area contributed by atoms with E-state index in [1.807, 2.05) is 12.1 Å². The summed E-state index contributed by atoms with van der Waals surface area (Å²) in [7, 11) is 0. The standard InChI is InChI=1S/C27H26N2/c1-3-8-22(9-4-1)24-12-16-26(17-13-24)28-20-7-21-29-27-18-14-25(15-19-27)23-10-5-2-6-11-23/h1-6,8-19,28-29H,7,20-21H2. The largest absolute Gasteiger partial charge is 0.385 e. The summed E-state index contributed by atoms with van der Waals surface area (Å²) in [6.45, 7) is 1.89. The van der Waals surface area contributed by atoms with Crippen molar-refractivity contribution >= 4 is 11.4 Å². The van der Waals surface area contributed by atoms with Gasteiger partial charge in [-0.1, -0.05) is 84.9 Å². The van der Waals surface area contributed by atoms with Crippen LogP contribution in [0.3, 0.4) is 0 Å². The Kier molecular flexibility index (Phi) is 6.24. The van der Waals surface area contributed by atoms with Gasteiger partial charge in [-0.15, -0.1) is 0 Å². The van der Waals surface area contributed by atoms with Crippen molar-refractivity contribution in [3.05, 3.63) is 109 Å². The molecule has 0 heterocycles. The van der Waals surface area contributed by atoms with Crippen LogP contribution in [-0.4, -0.2) is 13.1 Å². The predicted molar refractivity (Wildman–Crippen MR) is 125 cm³/mol. The van der Waals surface area contributed by atoms with E-state index in [0.717, 1.165) is 30.9 Å². The Bertz CT molecular complexity index is 907. The molecule has 0 amide bonds. The number of hydrogen-bond acceptors (Lipinski definition) is 2. The minimum absolute atomic E-state index is 0.944. The van der Waals surface area contributed by atoms with E-state index in [0.29, 0.717) is 0 Å². The highest BCUT2D eigenvalue weighted by Crippen LogP contribution is 2.22. The van der Waals surface area contributed by atoms with Crippen molar-refractivity contribution in [3.8, 4) is 22.3 Å². The molecule has 0 bridgehead atoms. The molecule has 2 heteroatoms. The van der Waals surface area contributed by atoms with Crippen molar-refractivity contribution in [1.29, 1.82) is 0 Å². The van der Waals surface area contributed by atoms with E-state index in [1.165, 1.54) is 22.3 Å². The molecule has 2 nitrogen and oxygen atoms in total. The molecule has 0 saturated carbocycles. The molecule has 0 saturated heterocycles. The lowest BCUT2D eigenvalue weighted by atomic mass is 10.1. The molecule has 4 aromatic rings. The highest BCUT2D eigenvalue weighted by Gasteiger charge is 1.99. The van der Waals surface area contributed by atoms with Gasteiger partial charge in [-0.25, -0.2) is 0 Å². The Morgan fingerprint density at radius 3 is 1.10 bits per heavy atom. The molecule has 0 atom stereocenters. The maximum absolute atomic E-state index is 3.50. The fraction of sp³-hybridized carbons (Fsp3) is 0.111. The summed E-state index contributed by atoms with van der Waals surface area (Å²) in [5.74, 6) is 0. The average Bonchev–Trinajstić information content (AvgIpc) is 2.81. The third-order valence-electron chi connectivity index (χ3n) is 5.00. The Hall–Kier alpha value is -3.52. The Balaban J connectivity index is 1.20. The normalized spacial score (nSPS) is 10.5. The smallest absolute Gasteiger partial charge is 0.0340 e. The second-order valence-electron chi connectivity index (χ2n) is 7.09. The van der Waals surface area contributed by atoms with Crippen molar-refractivity contribution < 1.29 is 0 Å². The van der Waals surface area contributed by atoms with Gasteiger partial charge in [0, 0.05) is 24.5 Å². The Morgan fingerprint density at radius 1 is 0.379 bits per heavy atom. The van der Waals surface area contributed by atoms with Crippen molar-refractivity contribution in [3.63, 3.8) is 0 Å². The molecule has 4 rings (SSSR count). The number of rotatable bonds is 8. The van der Waals surface area contributed by atoms with Crippen LogP contribution in [0.4, 0.5) is 11.4 Å². The molecule has 0 fully saturated rings. The van der Waals surface area contributed by atoms with Crippen molar-refractivity contribution in [2.45, 2.75) is 6.42 Å². The van der Waals surface area contributed by atoms with E-state index < -0.39 is 0 Å². The van der Waals surface area contributed by atoms with Crippen LogP contribution in [0, 0.1) is 0 Å². The molecule has 4 aromatic carbocycles. The quantitative estimate of drug-likeness (QED) is 0.325. The zero-order chi connectivity index (χ0) is 19.7. The fourth-order valence-corrected chi connectivity index (χ4v) is 3.38. The lowest BCUT2D eigenvalue weighted by molar-refractivity contribution is 0.909. The first-order valence-corrected chi connectivity index (χ1v) is 10.2. The third-order valence-corrected chi connectivity index (χ3v) is 5.00. The molecular weight excluding hydrogens is 352 g/mol. The lowest BCUT2D eigenvalue weighted by Crippen LogP contribution is -2.09. The first-order valence-electron chi connectivity index (χ1n) is 10.2. The van der Waals surface area contributed by atoms with Gasteiger partial charge in [0.05, 0.1) is 0 Å². The summed E-state index contributed by atoms with van der Waals surface area (Å²) in [5.41, 5.74) is 7.32. The molecule has 144 valence electrons. The molecule has 0 aliphatic rings. The van der Waals surface area contributed by atoms with Gasteiger partial charge in [-0.05, 0) is 52.9 Å². The monoisotopic (exact) mass is 378 g/mol. The van der Waals surface area contributed by atoms with Gasteiger partial charge in [-0.3, -0.25) is 0 Å². The van der Waals surface area contributed by atoms with Crippen LogP contribution in [0.5, 0.6) is 0 Å². The van der Waals surface area contributed by atoms with Gasteiger partial charge in [-0.2, -0.15) is 0 Å². The second kappa shape index (κ2) is 9.61. The van der Waals surface area contributed by atoms with Gasteiger partial charge < -0.3 is 10.6 Å². The number of benzene rings is 4. The summed E-state index contributed by atoms with van der Waals surface area (Å²) in [4.78, 5) is 0. The van der Waals surface area contributed by atoms with E-state index in [1.54, 1.807) is 0 Å². The number of hydrogen-bond donors (Lipinski definition) is 2. The van der Waals surface area contributed by atoms with Crippen LogP contribution in [0.25, 0.3) is 22.3 Å².